The molecule has 0 spiro atoms. The molecule has 2 aromatic carbocycles. The molecule has 0 bridgehead atoms. The highest BCUT2D eigenvalue weighted by atomic mass is 32.2. The zero-order valence-electron chi connectivity index (χ0n) is 16.4. The van der Waals surface area contributed by atoms with E-state index in [9.17, 15) is 4.79 Å². The van der Waals surface area contributed by atoms with Crippen LogP contribution in [-0.4, -0.2) is 41.7 Å². The summed E-state index contributed by atoms with van der Waals surface area (Å²) in [5.74, 6) is 6.35. The van der Waals surface area contributed by atoms with Crippen molar-refractivity contribution in [3.05, 3.63) is 65.2 Å². The predicted octanol–water partition coefficient (Wildman–Crippen LogP) is 4.24. The molecule has 1 aliphatic heterocycles. The molecule has 4 heteroatoms. The molecule has 28 heavy (non-hydrogen) atoms. The molecule has 0 aliphatic carbocycles. The molecule has 1 aliphatic rings. The van der Waals surface area contributed by atoms with E-state index in [4.69, 9.17) is 5.11 Å². The molecule has 1 heterocycles. The van der Waals surface area contributed by atoms with Crippen molar-refractivity contribution in [2.45, 2.75) is 30.7 Å². The first-order valence-electron chi connectivity index (χ1n) is 9.79. The summed E-state index contributed by atoms with van der Waals surface area (Å²) in [4.78, 5) is 16.5. The van der Waals surface area contributed by atoms with E-state index in [2.05, 4.69) is 28.9 Å². The van der Waals surface area contributed by atoms with E-state index >= 15 is 0 Å². The smallest absolute Gasteiger partial charge is 0.167 e. The summed E-state index contributed by atoms with van der Waals surface area (Å²) >= 11 is 1.69. The van der Waals surface area contributed by atoms with E-state index < -0.39 is 0 Å². The quantitative estimate of drug-likeness (QED) is 0.453. The van der Waals surface area contributed by atoms with Gasteiger partial charge in [0.2, 0.25) is 0 Å². The summed E-state index contributed by atoms with van der Waals surface area (Å²) in [7, 11) is 0. The molecule has 0 aromatic heterocycles. The number of hydrogen-bond donors (Lipinski definition) is 1. The second kappa shape index (κ2) is 10.5. The molecule has 1 N–H and O–H groups in total. The number of piperidine rings is 1. The van der Waals surface area contributed by atoms with Crippen molar-refractivity contribution in [1.29, 1.82) is 0 Å². The number of rotatable bonds is 6. The van der Waals surface area contributed by atoms with Crippen molar-refractivity contribution in [1.82, 2.24) is 4.90 Å². The van der Waals surface area contributed by atoms with Gasteiger partial charge in [0.1, 0.15) is 0 Å². The number of likely N-dealkylation sites (tertiary alicyclic amines) is 1. The highest BCUT2D eigenvalue weighted by molar-refractivity contribution is 7.98. The Balaban J connectivity index is 1.58. The number of hydrogen-bond acceptors (Lipinski definition) is 4. The first-order chi connectivity index (χ1) is 13.7. The van der Waals surface area contributed by atoms with E-state index in [1.165, 1.54) is 10.5 Å². The van der Waals surface area contributed by atoms with Gasteiger partial charge < -0.3 is 5.11 Å². The number of nitrogens with zero attached hydrogens (tertiary/aromatic N) is 1. The average Bonchev–Trinajstić information content (AvgIpc) is 2.75. The van der Waals surface area contributed by atoms with Crippen LogP contribution in [0, 0.1) is 17.8 Å². The molecule has 3 nitrogen and oxygen atoms in total. The molecule has 0 unspecified atom stereocenters. The predicted molar refractivity (Wildman–Crippen MR) is 116 cm³/mol. The zero-order valence-corrected chi connectivity index (χ0v) is 17.2. The Kier molecular flexibility index (Phi) is 7.73. The Morgan fingerprint density at radius 2 is 1.93 bits per heavy atom. The van der Waals surface area contributed by atoms with Crippen molar-refractivity contribution < 1.29 is 9.90 Å². The van der Waals surface area contributed by atoms with Crippen LogP contribution >= 0.6 is 11.8 Å². The second-order valence-corrected chi connectivity index (χ2v) is 8.02. The van der Waals surface area contributed by atoms with Gasteiger partial charge in [0.15, 0.2) is 5.78 Å². The molecule has 0 saturated carbocycles. The van der Waals surface area contributed by atoms with Crippen LogP contribution in [0.3, 0.4) is 0 Å². The number of Topliss-reactive ketones (excluding diaryl/α,β-unsaturated/α-hetero) is 1. The SMILES string of the molecule is CSc1ccc(C(=O)[C@H]2CCCN(Cc3ccc(C#CCCO)cc3)C2)cc1. The van der Waals surface area contributed by atoms with Gasteiger partial charge in [-0.3, -0.25) is 9.69 Å². The number of aliphatic hydroxyl groups is 1. The lowest BCUT2D eigenvalue weighted by Crippen LogP contribution is -2.38. The second-order valence-electron chi connectivity index (χ2n) is 7.14. The van der Waals surface area contributed by atoms with Gasteiger partial charge in [0.05, 0.1) is 6.61 Å². The Labute approximate surface area is 172 Å². The van der Waals surface area contributed by atoms with Crippen LogP contribution in [-0.2, 0) is 6.54 Å². The number of carbonyl (C=O) groups is 1. The highest BCUT2D eigenvalue weighted by Gasteiger charge is 2.26. The number of benzene rings is 2. The molecule has 1 atom stereocenters. The van der Waals surface area contributed by atoms with Gasteiger partial charge in [0, 0.05) is 41.5 Å². The Bertz CT molecular complexity index is 834. The fraction of sp³-hybridized carbons (Fsp3) is 0.375. The summed E-state index contributed by atoms with van der Waals surface area (Å²) in [6, 6.07) is 16.3. The summed E-state index contributed by atoms with van der Waals surface area (Å²) in [5.41, 5.74) is 3.04. The standard InChI is InChI=1S/C24H27NO2S/c1-28-23-13-11-21(12-14-23)24(27)22-6-4-15-25(18-22)17-20-9-7-19(8-10-20)5-2-3-16-26/h7-14,22,26H,3-4,6,15-18H2,1H3/t22-/m0/s1. The third-order valence-electron chi connectivity index (χ3n) is 5.08. The molecule has 3 rings (SSSR count). The Morgan fingerprint density at radius 1 is 1.18 bits per heavy atom. The number of carbonyl (C=O) groups excluding carboxylic acids is 1. The minimum Gasteiger partial charge on any atom is -0.395 e. The van der Waals surface area contributed by atoms with Crippen LogP contribution < -0.4 is 0 Å². The third kappa shape index (κ3) is 5.72. The third-order valence-corrected chi connectivity index (χ3v) is 5.82. The van der Waals surface area contributed by atoms with Crippen LogP contribution in [0.25, 0.3) is 0 Å². The zero-order chi connectivity index (χ0) is 19.8. The van der Waals surface area contributed by atoms with Crippen molar-refractivity contribution in [3.63, 3.8) is 0 Å². The topological polar surface area (TPSA) is 40.5 Å². The van der Waals surface area contributed by atoms with E-state index in [1.54, 1.807) is 11.8 Å². The first kappa shape index (κ1) is 20.7. The van der Waals surface area contributed by atoms with Gasteiger partial charge in [0.25, 0.3) is 0 Å². The van der Waals surface area contributed by atoms with Gasteiger partial charge in [-0.25, -0.2) is 0 Å². The number of thioether (sulfide) groups is 1. The van der Waals surface area contributed by atoms with E-state index in [0.29, 0.717) is 6.42 Å². The van der Waals surface area contributed by atoms with E-state index in [1.807, 2.05) is 42.7 Å². The monoisotopic (exact) mass is 393 g/mol. The molecule has 1 saturated heterocycles. The highest BCUT2D eigenvalue weighted by Crippen LogP contribution is 2.24. The molecular formula is C24H27NO2S. The summed E-state index contributed by atoms with van der Waals surface area (Å²) in [5, 5.41) is 8.79. The average molecular weight is 394 g/mol. The largest absolute Gasteiger partial charge is 0.395 e. The molecular weight excluding hydrogens is 366 g/mol. The van der Waals surface area contributed by atoms with Crippen LogP contribution in [0.15, 0.2) is 53.4 Å². The van der Waals surface area contributed by atoms with E-state index in [-0.39, 0.29) is 18.3 Å². The van der Waals surface area contributed by atoms with Crippen LogP contribution in [0.5, 0.6) is 0 Å². The molecule has 0 amide bonds. The molecule has 1 fully saturated rings. The maximum atomic E-state index is 12.9. The molecule has 0 radical (unpaired) electrons. The summed E-state index contributed by atoms with van der Waals surface area (Å²) in [6.07, 6.45) is 4.58. The minimum absolute atomic E-state index is 0.0810. The maximum absolute atomic E-state index is 12.9. The van der Waals surface area contributed by atoms with Crippen LogP contribution in [0.4, 0.5) is 0 Å². The summed E-state index contributed by atoms with van der Waals surface area (Å²) in [6.45, 7) is 2.82. The van der Waals surface area contributed by atoms with Gasteiger partial charge in [-0.15, -0.1) is 11.8 Å². The lowest BCUT2D eigenvalue weighted by molar-refractivity contribution is 0.0811. The van der Waals surface area contributed by atoms with Gasteiger partial charge in [-0.05, 0) is 55.5 Å². The fourth-order valence-electron chi connectivity index (χ4n) is 3.58. The van der Waals surface area contributed by atoms with Crippen molar-refractivity contribution in [2.24, 2.45) is 5.92 Å². The number of ketones is 1. The summed E-state index contributed by atoms with van der Waals surface area (Å²) < 4.78 is 0. The lowest BCUT2D eigenvalue weighted by Gasteiger charge is -2.32. The Hall–Kier alpha value is -2.06. The van der Waals surface area contributed by atoms with Crippen LogP contribution in [0.1, 0.15) is 40.7 Å². The molecule has 146 valence electrons. The van der Waals surface area contributed by atoms with Gasteiger partial charge in [-0.1, -0.05) is 36.1 Å². The number of aliphatic hydroxyl groups excluding tert-OH is 1. The van der Waals surface area contributed by atoms with Gasteiger partial charge in [-0.2, -0.15) is 0 Å². The maximum Gasteiger partial charge on any atom is 0.167 e. The normalized spacial score (nSPS) is 17.0. The molecule has 2 aromatic rings. The van der Waals surface area contributed by atoms with Crippen molar-refractivity contribution in [3.8, 4) is 11.8 Å². The van der Waals surface area contributed by atoms with Gasteiger partial charge >= 0.3 is 0 Å². The van der Waals surface area contributed by atoms with E-state index in [0.717, 1.165) is 43.6 Å². The first-order valence-corrected chi connectivity index (χ1v) is 11.0. The van der Waals surface area contributed by atoms with Crippen molar-refractivity contribution >= 4 is 17.5 Å². The van der Waals surface area contributed by atoms with Crippen molar-refractivity contribution in [2.75, 3.05) is 26.0 Å². The van der Waals surface area contributed by atoms with Crippen LogP contribution in [0.2, 0.25) is 0 Å². The Morgan fingerprint density at radius 3 is 2.61 bits per heavy atom. The lowest BCUT2D eigenvalue weighted by atomic mass is 9.90. The fourth-order valence-corrected chi connectivity index (χ4v) is 3.98. The minimum atomic E-state index is 0.0810.